The van der Waals surface area contributed by atoms with Crippen LogP contribution >= 0.6 is 0 Å². The molecule has 6 heteroatoms. The van der Waals surface area contributed by atoms with Crippen LogP contribution in [0.25, 0.3) is 0 Å². The van der Waals surface area contributed by atoms with Crippen LogP contribution in [-0.4, -0.2) is 61.4 Å². The lowest BCUT2D eigenvalue weighted by Gasteiger charge is -2.29. The zero-order valence-corrected chi connectivity index (χ0v) is 14.7. The van der Waals surface area contributed by atoms with Crippen LogP contribution in [0.2, 0.25) is 0 Å². The molecule has 130 valence electrons. The van der Waals surface area contributed by atoms with Crippen LogP contribution in [0.5, 0.6) is 0 Å². The highest BCUT2D eigenvalue weighted by molar-refractivity contribution is 5.79. The van der Waals surface area contributed by atoms with E-state index in [1.54, 1.807) is 0 Å². The van der Waals surface area contributed by atoms with Gasteiger partial charge in [0.05, 0.1) is 19.8 Å². The number of nitrogens with zero attached hydrogens (tertiary/aromatic N) is 3. The van der Waals surface area contributed by atoms with Crippen molar-refractivity contribution in [2.45, 2.75) is 20.4 Å². The van der Waals surface area contributed by atoms with E-state index in [0.717, 1.165) is 51.9 Å². The molecule has 1 aliphatic heterocycles. The topological polar surface area (TPSA) is 53.8 Å². The molecule has 23 heavy (non-hydrogen) atoms. The molecule has 0 spiro atoms. The van der Waals surface area contributed by atoms with E-state index in [1.807, 2.05) is 7.05 Å². The van der Waals surface area contributed by atoms with Gasteiger partial charge >= 0.3 is 0 Å². The quantitative estimate of drug-likeness (QED) is 0.582. The Labute approximate surface area is 139 Å². The second kappa shape index (κ2) is 9.57. The highest BCUT2D eigenvalue weighted by Gasteiger charge is 2.13. The summed E-state index contributed by atoms with van der Waals surface area (Å²) in [6.45, 7) is 11.8. The molecule has 1 saturated heterocycles. The summed E-state index contributed by atoms with van der Waals surface area (Å²) in [6.07, 6.45) is 4.16. The van der Waals surface area contributed by atoms with Crippen LogP contribution in [0.1, 0.15) is 19.4 Å². The van der Waals surface area contributed by atoms with Crippen LogP contribution in [0.4, 0.5) is 0 Å². The van der Waals surface area contributed by atoms with Crippen molar-refractivity contribution in [3.05, 3.63) is 24.0 Å². The Balaban J connectivity index is 1.76. The number of aliphatic imine (C=N–C) groups is 1. The minimum absolute atomic E-state index is 0.577. The Morgan fingerprint density at radius 2 is 2.13 bits per heavy atom. The number of guanidine groups is 1. The average Bonchev–Trinajstić information content (AvgIpc) is 2.96. The van der Waals surface area contributed by atoms with E-state index in [-0.39, 0.29) is 0 Å². The fraction of sp³-hybridized carbons (Fsp3) is 0.706. The van der Waals surface area contributed by atoms with E-state index >= 15 is 0 Å². The van der Waals surface area contributed by atoms with Crippen molar-refractivity contribution in [1.29, 1.82) is 0 Å². The van der Waals surface area contributed by atoms with Gasteiger partial charge in [-0.15, -0.1) is 0 Å². The lowest BCUT2D eigenvalue weighted by molar-refractivity contribution is 0.0320. The van der Waals surface area contributed by atoms with Crippen LogP contribution in [0, 0.1) is 5.92 Å². The molecule has 0 amide bonds. The van der Waals surface area contributed by atoms with Crippen molar-refractivity contribution in [3.63, 3.8) is 0 Å². The molecule has 0 saturated carbocycles. The highest BCUT2D eigenvalue weighted by atomic mass is 16.5. The summed E-state index contributed by atoms with van der Waals surface area (Å²) in [4.78, 5) is 7.14. The second-order valence-corrected chi connectivity index (χ2v) is 6.28. The molecule has 0 radical (unpaired) electrons. The minimum atomic E-state index is 0.577. The molecule has 1 aromatic rings. The number of nitrogens with one attached hydrogen (secondary N) is 2. The standard InChI is InChI=1S/C17H31N5O/c1-4-18-17(20-12-16-5-6-21(3)14-16)19-11-15(2)13-22-7-9-23-10-8-22/h5-6,14-15H,4,7-13H2,1-3H3,(H2,18,19,20). The highest BCUT2D eigenvalue weighted by Crippen LogP contribution is 2.03. The van der Waals surface area contributed by atoms with E-state index in [9.17, 15) is 0 Å². The maximum Gasteiger partial charge on any atom is 0.191 e. The third-order valence-corrected chi connectivity index (χ3v) is 3.95. The molecular weight excluding hydrogens is 290 g/mol. The van der Waals surface area contributed by atoms with E-state index in [4.69, 9.17) is 4.74 Å². The SMILES string of the molecule is CCNC(=NCc1ccn(C)c1)NCC(C)CN1CCOCC1. The average molecular weight is 321 g/mol. The maximum atomic E-state index is 5.40. The van der Waals surface area contributed by atoms with Crippen molar-refractivity contribution >= 4 is 5.96 Å². The molecule has 0 bridgehead atoms. The Hall–Kier alpha value is -1.53. The number of rotatable bonds is 7. The largest absolute Gasteiger partial charge is 0.379 e. The Morgan fingerprint density at radius 1 is 1.35 bits per heavy atom. The summed E-state index contributed by atoms with van der Waals surface area (Å²) in [5, 5.41) is 6.78. The molecule has 1 fully saturated rings. The molecule has 2 heterocycles. The van der Waals surface area contributed by atoms with Gasteiger partial charge in [0.2, 0.25) is 0 Å². The second-order valence-electron chi connectivity index (χ2n) is 6.28. The summed E-state index contributed by atoms with van der Waals surface area (Å²) in [7, 11) is 2.03. The zero-order valence-electron chi connectivity index (χ0n) is 14.7. The first kappa shape index (κ1) is 17.8. The van der Waals surface area contributed by atoms with Gasteiger partial charge < -0.3 is 19.9 Å². The first-order chi connectivity index (χ1) is 11.2. The van der Waals surface area contributed by atoms with E-state index in [1.165, 1.54) is 5.56 Å². The lowest BCUT2D eigenvalue weighted by atomic mass is 10.1. The van der Waals surface area contributed by atoms with Gasteiger partial charge in [0.1, 0.15) is 0 Å². The van der Waals surface area contributed by atoms with Crippen molar-refractivity contribution in [2.24, 2.45) is 18.0 Å². The lowest BCUT2D eigenvalue weighted by Crippen LogP contribution is -2.44. The van der Waals surface area contributed by atoms with Crippen molar-refractivity contribution in [3.8, 4) is 0 Å². The van der Waals surface area contributed by atoms with Gasteiger partial charge in [0.25, 0.3) is 0 Å². The van der Waals surface area contributed by atoms with Gasteiger partial charge in [-0.05, 0) is 24.5 Å². The minimum Gasteiger partial charge on any atom is -0.379 e. The van der Waals surface area contributed by atoms with E-state index in [0.29, 0.717) is 12.5 Å². The molecule has 1 atom stereocenters. The van der Waals surface area contributed by atoms with E-state index in [2.05, 4.69) is 57.4 Å². The third kappa shape index (κ3) is 6.62. The predicted octanol–water partition coefficient (Wildman–Crippen LogP) is 1.05. The molecule has 1 aromatic heterocycles. The molecule has 0 aliphatic carbocycles. The maximum absolute atomic E-state index is 5.40. The van der Waals surface area contributed by atoms with Crippen LogP contribution in [0.3, 0.4) is 0 Å². The number of hydrogen-bond acceptors (Lipinski definition) is 3. The number of aromatic nitrogens is 1. The molecule has 1 aliphatic rings. The predicted molar refractivity (Wildman–Crippen MR) is 94.7 cm³/mol. The normalized spacial score (nSPS) is 18.0. The molecule has 1 unspecified atom stereocenters. The van der Waals surface area contributed by atoms with Crippen LogP contribution in [-0.2, 0) is 18.3 Å². The molecule has 2 N–H and O–H groups in total. The number of morpholine rings is 1. The number of hydrogen-bond donors (Lipinski definition) is 2. The van der Waals surface area contributed by atoms with Crippen molar-refractivity contribution in [2.75, 3.05) is 45.9 Å². The van der Waals surface area contributed by atoms with Gasteiger partial charge in [-0.3, -0.25) is 4.90 Å². The van der Waals surface area contributed by atoms with Crippen LogP contribution in [0.15, 0.2) is 23.5 Å². The fourth-order valence-corrected chi connectivity index (χ4v) is 2.73. The van der Waals surface area contributed by atoms with Gasteiger partial charge in [-0.2, -0.15) is 0 Å². The summed E-state index contributed by atoms with van der Waals surface area (Å²) < 4.78 is 7.45. The Kier molecular flexibility index (Phi) is 7.42. The van der Waals surface area contributed by atoms with Gasteiger partial charge in [-0.25, -0.2) is 4.99 Å². The molecule has 6 nitrogen and oxygen atoms in total. The Bertz CT molecular complexity index is 479. The number of ether oxygens (including phenoxy) is 1. The first-order valence-electron chi connectivity index (χ1n) is 8.60. The van der Waals surface area contributed by atoms with Gasteiger partial charge in [-0.1, -0.05) is 6.92 Å². The smallest absolute Gasteiger partial charge is 0.191 e. The monoisotopic (exact) mass is 321 g/mol. The van der Waals surface area contributed by atoms with Gasteiger partial charge in [0, 0.05) is 52.2 Å². The van der Waals surface area contributed by atoms with Crippen LogP contribution < -0.4 is 10.6 Å². The summed E-state index contributed by atoms with van der Waals surface area (Å²) in [5.74, 6) is 1.47. The van der Waals surface area contributed by atoms with E-state index < -0.39 is 0 Å². The summed E-state index contributed by atoms with van der Waals surface area (Å²) >= 11 is 0. The fourth-order valence-electron chi connectivity index (χ4n) is 2.73. The van der Waals surface area contributed by atoms with Crippen molar-refractivity contribution in [1.82, 2.24) is 20.1 Å². The third-order valence-electron chi connectivity index (χ3n) is 3.95. The summed E-state index contributed by atoms with van der Waals surface area (Å²) in [6, 6.07) is 2.11. The number of aryl methyl sites for hydroxylation is 1. The molecular formula is C17H31N5O. The van der Waals surface area contributed by atoms with Gasteiger partial charge in [0.15, 0.2) is 5.96 Å². The Morgan fingerprint density at radius 3 is 2.78 bits per heavy atom. The first-order valence-corrected chi connectivity index (χ1v) is 8.60. The zero-order chi connectivity index (χ0) is 16.5. The molecule has 2 rings (SSSR count). The molecule has 0 aromatic carbocycles. The summed E-state index contributed by atoms with van der Waals surface area (Å²) in [5.41, 5.74) is 1.23. The van der Waals surface area contributed by atoms with Crippen molar-refractivity contribution < 1.29 is 4.74 Å².